The lowest BCUT2D eigenvalue weighted by atomic mass is 10.2. The summed E-state index contributed by atoms with van der Waals surface area (Å²) < 4.78 is 0. The number of aliphatic hydroxyl groups is 1. The first-order valence-corrected chi connectivity index (χ1v) is 3.18. The lowest BCUT2D eigenvalue weighted by molar-refractivity contribution is 0.405. The van der Waals surface area contributed by atoms with Crippen molar-refractivity contribution in [3.05, 3.63) is 29.7 Å². The third-order valence-electron chi connectivity index (χ3n) is 0.875. The second-order valence-electron chi connectivity index (χ2n) is 1.49. The summed E-state index contributed by atoms with van der Waals surface area (Å²) in [6.45, 7) is 0. The molecule has 0 saturated carbocycles. The van der Waals surface area contributed by atoms with Crippen LogP contribution in [0.3, 0.4) is 0 Å². The maximum Gasteiger partial charge on any atom is 0.111 e. The van der Waals surface area contributed by atoms with Gasteiger partial charge < -0.3 is 5.11 Å². The van der Waals surface area contributed by atoms with Crippen molar-refractivity contribution in [1.29, 1.82) is 0 Å². The Balaban J connectivity index is 2.86. The Morgan fingerprint density at radius 3 is 2.88 bits per heavy atom. The minimum Gasteiger partial charge on any atom is -0.511 e. The number of allylic oxidation sites excluding steroid dienone is 2. The number of hydrogen-bond donors (Lipinski definition) is 1. The molecule has 0 spiro atoms. The molecule has 0 radical (unpaired) electrons. The average molecular weight is 173 g/mol. The summed E-state index contributed by atoms with van der Waals surface area (Å²) in [6, 6.07) is 0. The molecule has 1 aliphatic carbocycles. The van der Waals surface area contributed by atoms with Gasteiger partial charge in [0.15, 0.2) is 0 Å². The zero-order valence-electron chi connectivity index (χ0n) is 4.13. The average Bonchev–Trinajstić information content (AvgIpc) is 1.77. The highest BCUT2D eigenvalue weighted by Gasteiger charge is 2.03. The van der Waals surface area contributed by atoms with Crippen LogP contribution in [0.5, 0.6) is 0 Å². The highest BCUT2D eigenvalue weighted by atomic mass is 79.9. The molecule has 0 aromatic carbocycles. The molecule has 0 heterocycles. The molecule has 42 valence electrons. The zero-order valence-corrected chi connectivity index (χ0v) is 5.72. The molecular weight excluding hydrogens is 168 g/mol. The smallest absolute Gasteiger partial charge is 0.111 e. The van der Waals surface area contributed by atoms with Crippen LogP contribution in [0.15, 0.2) is 29.7 Å². The highest BCUT2D eigenvalue weighted by Crippen LogP contribution is 2.12. The van der Waals surface area contributed by atoms with Crippen molar-refractivity contribution < 1.29 is 5.11 Å². The van der Waals surface area contributed by atoms with Crippen LogP contribution in [0.4, 0.5) is 0 Å². The maximum absolute atomic E-state index is 8.89. The summed E-state index contributed by atoms with van der Waals surface area (Å²) >= 11 is 3.20. The van der Waals surface area contributed by atoms with Crippen LogP contribution in [0.1, 0.15) is 0 Å². The first kappa shape index (κ1) is 5.67. The van der Waals surface area contributed by atoms with Gasteiger partial charge >= 0.3 is 0 Å². The Morgan fingerprint density at radius 2 is 2.50 bits per heavy atom. The molecule has 0 fully saturated rings. The number of alkyl halides is 1. The second-order valence-corrected chi connectivity index (χ2v) is 2.48. The van der Waals surface area contributed by atoms with E-state index in [2.05, 4.69) is 21.7 Å². The largest absolute Gasteiger partial charge is 0.511 e. The lowest BCUT2D eigenvalue weighted by Gasteiger charge is -2.01. The van der Waals surface area contributed by atoms with Crippen LogP contribution in [-0.4, -0.2) is 9.93 Å². The fourth-order valence-corrected chi connectivity index (χ4v) is 0.756. The second kappa shape index (κ2) is 2.21. The summed E-state index contributed by atoms with van der Waals surface area (Å²) in [4.78, 5) is -0.0347. The number of hydrogen-bond acceptors (Lipinski definition) is 1. The molecular formula is C6H5BrO. The van der Waals surface area contributed by atoms with Crippen LogP contribution in [-0.2, 0) is 0 Å². The molecule has 0 aromatic heterocycles. The van der Waals surface area contributed by atoms with Gasteiger partial charge in [-0.2, -0.15) is 0 Å². The molecule has 0 aliphatic heterocycles. The molecule has 0 amide bonds. The molecule has 1 unspecified atom stereocenters. The molecule has 1 rings (SSSR count). The fraction of sp³-hybridized carbons (Fsp3) is 0.167. The van der Waals surface area contributed by atoms with Gasteiger partial charge in [0.1, 0.15) is 5.76 Å². The van der Waals surface area contributed by atoms with Crippen LogP contribution in [0.2, 0.25) is 0 Å². The highest BCUT2D eigenvalue weighted by molar-refractivity contribution is 9.09. The molecule has 8 heavy (non-hydrogen) atoms. The van der Waals surface area contributed by atoms with E-state index in [1.54, 1.807) is 18.2 Å². The van der Waals surface area contributed by atoms with Crippen molar-refractivity contribution >= 4 is 15.9 Å². The van der Waals surface area contributed by atoms with Crippen LogP contribution in [0.25, 0.3) is 0 Å². The van der Waals surface area contributed by atoms with Gasteiger partial charge in [0, 0.05) is 0 Å². The van der Waals surface area contributed by atoms with E-state index >= 15 is 0 Å². The third-order valence-corrected chi connectivity index (χ3v) is 1.61. The van der Waals surface area contributed by atoms with Gasteiger partial charge in [0.05, 0.1) is 4.83 Å². The van der Waals surface area contributed by atoms with E-state index < -0.39 is 0 Å². The van der Waals surface area contributed by atoms with E-state index in [4.69, 9.17) is 5.11 Å². The van der Waals surface area contributed by atoms with Crippen molar-refractivity contribution in [3.8, 4) is 0 Å². The lowest BCUT2D eigenvalue weighted by Crippen LogP contribution is -1.97. The monoisotopic (exact) mass is 172 g/mol. The van der Waals surface area contributed by atoms with E-state index in [1.807, 2.05) is 0 Å². The summed E-state index contributed by atoms with van der Waals surface area (Å²) in [5.74, 6) is 0.337. The topological polar surface area (TPSA) is 20.2 Å². The van der Waals surface area contributed by atoms with E-state index in [9.17, 15) is 0 Å². The number of rotatable bonds is 0. The minimum absolute atomic E-state index is 0.0347. The van der Waals surface area contributed by atoms with Gasteiger partial charge in [0.25, 0.3) is 0 Å². The summed E-state index contributed by atoms with van der Waals surface area (Å²) in [5, 5.41) is 8.89. The molecule has 1 nitrogen and oxygen atoms in total. The van der Waals surface area contributed by atoms with Gasteiger partial charge in [-0.05, 0) is 18.2 Å². The Kier molecular flexibility index (Phi) is 1.56. The molecule has 1 aliphatic rings. The first-order chi connectivity index (χ1) is 3.80. The summed E-state index contributed by atoms with van der Waals surface area (Å²) in [7, 11) is 0. The normalized spacial score (nSPS) is 25.6. The van der Waals surface area contributed by atoms with Crippen molar-refractivity contribution in [2.45, 2.75) is 4.83 Å². The van der Waals surface area contributed by atoms with Gasteiger partial charge in [-0.25, -0.2) is 0 Å². The van der Waals surface area contributed by atoms with Crippen molar-refractivity contribution in [3.63, 3.8) is 0 Å². The van der Waals surface area contributed by atoms with Crippen LogP contribution < -0.4 is 0 Å². The third kappa shape index (κ3) is 1.03. The van der Waals surface area contributed by atoms with Crippen molar-refractivity contribution in [2.24, 2.45) is 0 Å². The summed E-state index contributed by atoms with van der Waals surface area (Å²) in [5.41, 5.74) is 2.83. The van der Waals surface area contributed by atoms with Gasteiger partial charge in [-0.3, -0.25) is 0 Å². The first-order valence-electron chi connectivity index (χ1n) is 2.26. The van der Waals surface area contributed by atoms with E-state index in [0.29, 0.717) is 5.76 Å². The molecule has 0 saturated heterocycles. The van der Waals surface area contributed by atoms with Gasteiger partial charge in [-0.15, -0.1) is 5.73 Å². The Morgan fingerprint density at radius 1 is 1.75 bits per heavy atom. The van der Waals surface area contributed by atoms with Crippen LogP contribution >= 0.6 is 15.9 Å². The zero-order chi connectivity index (χ0) is 5.98. The molecule has 0 bridgehead atoms. The maximum atomic E-state index is 8.89. The van der Waals surface area contributed by atoms with E-state index in [1.165, 1.54) is 0 Å². The molecule has 2 heteroatoms. The van der Waals surface area contributed by atoms with Gasteiger partial charge in [0.2, 0.25) is 0 Å². The predicted octanol–water partition coefficient (Wildman–Crippen LogP) is 1.92. The fourth-order valence-electron chi connectivity index (χ4n) is 0.451. The standard InChI is InChI=1S/C6H5BrO/c7-5-3-1-2-4-6(5)8/h2-5,8H. The van der Waals surface area contributed by atoms with E-state index in [-0.39, 0.29) is 4.83 Å². The SMILES string of the molecule is OC1=CC=C=CC1Br. The minimum atomic E-state index is -0.0347. The van der Waals surface area contributed by atoms with Crippen molar-refractivity contribution in [2.75, 3.05) is 0 Å². The predicted molar refractivity (Wildman–Crippen MR) is 36.1 cm³/mol. The van der Waals surface area contributed by atoms with Crippen molar-refractivity contribution in [1.82, 2.24) is 0 Å². The Hall–Kier alpha value is -0.460. The quantitative estimate of drug-likeness (QED) is 0.438. The number of halogens is 1. The van der Waals surface area contributed by atoms with E-state index in [0.717, 1.165) is 0 Å². The molecule has 1 atom stereocenters. The number of aliphatic hydroxyl groups excluding tert-OH is 1. The molecule has 1 N–H and O–H groups in total. The van der Waals surface area contributed by atoms with Crippen LogP contribution in [0, 0.1) is 0 Å². The Labute approximate surface area is 56.2 Å². The molecule has 0 aromatic rings. The van der Waals surface area contributed by atoms with Gasteiger partial charge in [-0.1, -0.05) is 15.9 Å². The summed E-state index contributed by atoms with van der Waals surface area (Å²) in [6.07, 6.45) is 5.03. The Bertz CT molecular complexity index is 175.